The van der Waals surface area contributed by atoms with E-state index in [0.717, 1.165) is 22.2 Å². The molecule has 1 aliphatic rings. The third-order valence-corrected chi connectivity index (χ3v) is 5.99. The highest BCUT2D eigenvalue weighted by atomic mass is 16.5. The molecule has 2 aromatic carbocycles. The zero-order chi connectivity index (χ0) is 23.2. The van der Waals surface area contributed by atoms with Crippen LogP contribution in [0.2, 0.25) is 0 Å². The van der Waals surface area contributed by atoms with Gasteiger partial charge in [0.2, 0.25) is 5.88 Å². The van der Waals surface area contributed by atoms with E-state index in [1.807, 2.05) is 68.7 Å². The monoisotopic (exact) mass is 436 g/mol. The fourth-order valence-corrected chi connectivity index (χ4v) is 4.49. The molecule has 32 heavy (non-hydrogen) atoms. The number of fused-ring (bicyclic) bond motifs is 3. The summed E-state index contributed by atoms with van der Waals surface area (Å²) >= 11 is 0. The average Bonchev–Trinajstić information content (AvgIpc) is 3.23. The van der Waals surface area contributed by atoms with Crippen molar-refractivity contribution in [2.75, 3.05) is 11.4 Å². The van der Waals surface area contributed by atoms with Crippen molar-refractivity contribution in [3.05, 3.63) is 59.5 Å². The van der Waals surface area contributed by atoms with Crippen LogP contribution in [0, 0.1) is 13.8 Å². The van der Waals surface area contributed by atoms with Crippen molar-refractivity contribution in [2.24, 2.45) is 0 Å². The topological polar surface area (TPSA) is 95.9 Å². The van der Waals surface area contributed by atoms with Gasteiger partial charge in [-0.2, -0.15) is 0 Å². The standard InChI is InChI=1S/C24H25N3O5/c1-5-25-15(3)16(4)26(12-20(28)29)23(25)14(2)24-27(13-21(30)31)22-18-9-7-6-8-17(18)10-11-19(22)32-24/h6-11H,5,12-13H2,1-4H3,(H-,28,29,30,31)/p+1. The van der Waals surface area contributed by atoms with Crippen molar-refractivity contribution in [3.8, 4) is 5.75 Å². The Morgan fingerprint density at radius 2 is 1.78 bits per heavy atom. The minimum atomic E-state index is -0.990. The largest absolute Gasteiger partial charge is 0.480 e. The van der Waals surface area contributed by atoms with Gasteiger partial charge >= 0.3 is 11.9 Å². The number of anilines is 1. The lowest BCUT2D eigenvalue weighted by Crippen LogP contribution is -2.43. The first-order chi connectivity index (χ1) is 15.2. The van der Waals surface area contributed by atoms with Gasteiger partial charge in [-0.25, -0.2) is 13.9 Å². The van der Waals surface area contributed by atoms with E-state index in [1.54, 1.807) is 9.47 Å². The lowest BCUT2D eigenvalue weighted by atomic mass is 10.1. The highest BCUT2D eigenvalue weighted by molar-refractivity contribution is 6.01. The van der Waals surface area contributed by atoms with Gasteiger partial charge in [-0.05, 0) is 25.3 Å². The van der Waals surface area contributed by atoms with Crippen molar-refractivity contribution in [3.63, 3.8) is 0 Å². The third kappa shape index (κ3) is 3.37. The fraction of sp³-hybridized carbons (Fsp3) is 0.292. The molecule has 0 atom stereocenters. The molecule has 2 N–H and O–H groups in total. The Morgan fingerprint density at radius 3 is 2.44 bits per heavy atom. The van der Waals surface area contributed by atoms with Crippen LogP contribution < -0.4 is 14.2 Å². The number of imidazole rings is 1. The summed E-state index contributed by atoms with van der Waals surface area (Å²) in [4.78, 5) is 25.1. The Bertz CT molecular complexity index is 1290. The van der Waals surface area contributed by atoms with Crippen LogP contribution in [-0.2, 0) is 22.7 Å². The normalized spacial score (nSPS) is 14.4. The Hall–Kier alpha value is -3.81. The summed E-state index contributed by atoms with van der Waals surface area (Å²) in [5.74, 6) is -0.282. The predicted molar refractivity (Wildman–Crippen MR) is 120 cm³/mol. The zero-order valence-corrected chi connectivity index (χ0v) is 18.5. The maximum Gasteiger partial charge on any atom is 0.346 e. The number of carboxylic acids is 2. The number of carbonyl (C=O) groups is 2. The predicted octanol–water partition coefficient (Wildman–Crippen LogP) is 3.32. The summed E-state index contributed by atoms with van der Waals surface area (Å²) in [6.07, 6.45) is 0. The number of ether oxygens (including phenoxy) is 1. The van der Waals surface area contributed by atoms with Gasteiger partial charge < -0.3 is 14.9 Å². The van der Waals surface area contributed by atoms with Crippen molar-refractivity contribution < 1.29 is 29.1 Å². The van der Waals surface area contributed by atoms with E-state index in [9.17, 15) is 19.8 Å². The molecule has 4 rings (SSSR count). The van der Waals surface area contributed by atoms with Crippen molar-refractivity contribution in [1.82, 2.24) is 4.57 Å². The van der Waals surface area contributed by atoms with E-state index < -0.39 is 11.9 Å². The first kappa shape index (κ1) is 21.4. The van der Waals surface area contributed by atoms with Gasteiger partial charge in [0.1, 0.15) is 17.9 Å². The lowest BCUT2D eigenvalue weighted by molar-refractivity contribution is -0.693. The number of benzene rings is 2. The summed E-state index contributed by atoms with van der Waals surface area (Å²) in [5, 5.41) is 21.0. The number of carboxylic acid groups (broad SMARTS) is 2. The van der Waals surface area contributed by atoms with Gasteiger partial charge in [-0.1, -0.05) is 30.3 Å². The Balaban J connectivity index is 1.98. The summed E-state index contributed by atoms with van der Waals surface area (Å²) in [7, 11) is 0. The number of allylic oxidation sites excluding steroid dienone is 1. The van der Waals surface area contributed by atoms with Crippen LogP contribution >= 0.6 is 0 Å². The molecule has 8 nitrogen and oxygen atoms in total. The van der Waals surface area contributed by atoms with Crippen LogP contribution in [0.4, 0.5) is 5.69 Å². The summed E-state index contributed by atoms with van der Waals surface area (Å²) in [6, 6.07) is 11.5. The van der Waals surface area contributed by atoms with E-state index in [0.29, 0.717) is 35.3 Å². The average molecular weight is 436 g/mol. The van der Waals surface area contributed by atoms with Gasteiger partial charge in [-0.3, -0.25) is 9.69 Å². The first-order valence-electron chi connectivity index (χ1n) is 10.5. The van der Waals surface area contributed by atoms with Crippen LogP contribution in [0.25, 0.3) is 16.3 Å². The van der Waals surface area contributed by atoms with Crippen molar-refractivity contribution in [2.45, 2.75) is 40.8 Å². The molecule has 0 amide bonds. The van der Waals surface area contributed by atoms with E-state index in [-0.39, 0.29) is 13.1 Å². The van der Waals surface area contributed by atoms with Crippen LogP contribution in [0.3, 0.4) is 0 Å². The SMILES string of the molecule is CCn1c(C)c(C)[n+](CC(=O)O)c1C(C)=C1Oc2ccc3ccccc3c2N1CC(=O)O. The van der Waals surface area contributed by atoms with E-state index in [2.05, 4.69) is 0 Å². The molecular formula is C24H26N3O5+. The van der Waals surface area contributed by atoms with Crippen LogP contribution in [0.1, 0.15) is 31.1 Å². The number of aliphatic carboxylic acids is 2. The summed E-state index contributed by atoms with van der Waals surface area (Å²) in [5.41, 5.74) is 3.17. The second-order valence-corrected chi connectivity index (χ2v) is 7.86. The van der Waals surface area contributed by atoms with Gasteiger partial charge in [0.05, 0.1) is 17.8 Å². The summed E-state index contributed by atoms with van der Waals surface area (Å²) < 4.78 is 10.00. The molecular weight excluding hydrogens is 410 g/mol. The molecule has 0 saturated heterocycles. The number of nitrogens with zero attached hydrogens (tertiary/aromatic N) is 3. The Kier molecular flexibility index (Phi) is 5.38. The maximum atomic E-state index is 11.8. The molecule has 1 aromatic heterocycles. The second-order valence-electron chi connectivity index (χ2n) is 7.86. The lowest BCUT2D eigenvalue weighted by Gasteiger charge is -2.19. The van der Waals surface area contributed by atoms with E-state index in [4.69, 9.17) is 4.74 Å². The molecule has 0 unspecified atom stereocenters. The number of rotatable bonds is 6. The van der Waals surface area contributed by atoms with Gasteiger partial charge in [0, 0.05) is 19.2 Å². The van der Waals surface area contributed by atoms with Gasteiger partial charge in [0.15, 0.2) is 12.3 Å². The Morgan fingerprint density at radius 1 is 1.06 bits per heavy atom. The molecule has 0 radical (unpaired) electrons. The van der Waals surface area contributed by atoms with Crippen LogP contribution in [0.5, 0.6) is 5.75 Å². The number of hydrogen-bond acceptors (Lipinski definition) is 4. The molecule has 2 heterocycles. The third-order valence-electron chi connectivity index (χ3n) is 5.99. The van der Waals surface area contributed by atoms with Gasteiger partial charge in [0.25, 0.3) is 5.82 Å². The molecule has 166 valence electrons. The van der Waals surface area contributed by atoms with E-state index >= 15 is 0 Å². The minimum absolute atomic E-state index is 0.200. The smallest absolute Gasteiger partial charge is 0.346 e. The van der Waals surface area contributed by atoms with Crippen LogP contribution in [0.15, 0.2) is 42.3 Å². The minimum Gasteiger partial charge on any atom is -0.480 e. The second kappa shape index (κ2) is 8.03. The fourth-order valence-electron chi connectivity index (χ4n) is 4.49. The Labute approximate surface area is 185 Å². The van der Waals surface area contributed by atoms with Crippen molar-refractivity contribution in [1.29, 1.82) is 0 Å². The molecule has 0 spiro atoms. The number of aromatic nitrogens is 2. The van der Waals surface area contributed by atoms with Crippen LogP contribution in [-0.4, -0.2) is 33.3 Å². The molecule has 0 bridgehead atoms. The molecule has 0 saturated carbocycles. The highest BCUT2D eigenvalue weighted by Crippen LogP contribution is 2.45. The molecule has 8 heteroatoms. The highest BCUT2D eigenvalue weighted by Gasteiger charge is 2.36. The maximum absolute atomic E-state index is 11.8. The van der Waals surface area contributed by atoms with Gasteiger partial charge in [-0.15, -0.1) is 0 Å². The quantitative estimate of drug-likeness (QED) is 0.576. The van der Waals surface area contributed by atoms with E-state index in [1.165, 1.54) is 0 Å². The number of hydrogen-bond donors (Lipinski definition) is 2. The first-order valence-corrected chi connectivity index (χ1v) is 10.5. The molecule has 1 aliphatic heterocycles. The van der Waals surface area contributed by atoms with Crippen molar-refractivity contribution >= 4 is 34.0 Å². The molecule has 3 aromatic rings. The summed E-state index contributed by atoms with van der Waals surface area (Å²) in [6.45, 7) is 7.83. The molecule has 0 aliphatic carbocycles. The molecule has 0 fully saturated rings. The zero-order valence-electron chi connectivity index (χ0n) is 18.5.